The Kier molecular flexibility index (Phi) is 13.3. The Labute approximate surface area is 331 Å². The van der Waals surface area contributed by atoms with Gasteiger partial charge in [0.1, 0.15) is 0 Å². The van der Waals surface area contributed by atoms with Crippen LogP contribution in [0.3, 0.4) is 0 Å². The van der Waals surface area contributed by atoms with Crippen LogP contribution in [-0.4, -0.2) is 85.2 Å². The first kappa shape index (κ1) is 41.9. The summed E-state index contributed by atoms with van der Waals surface area (Å²) < 4.78 is 66.6. The van der Waals surface area contributed by atoms with Gasteiger partial charge in [0.25, 0.3) is 8.32 Å². The molecule has 0 amide bonds. The van der Waals surface area contributed by atoms with Crippen molar-refractivity contribution in [2.45, 2.75) is 126 Å². The maximum Gasteiger partial charge on any atom is 0.261 e. The number of hydrogen-bond donors (Lipinski definition) is 0. The second-order valence-electron chi connectivity index (χ2n) is 17.2. The third kappa shape index (κ3) is 9.55. The first-order chi connectivity index (χ1) is 26.1. The van der Waals surface area contributed by atoms with Crippen LogP contribution in [0.15, 0.2) is 108 Å². The van der Waals surface area contributed by atoms with Crippen LogP contribution in [0.5, 0.6) is 0 Å². The summed E-state index contributed by atoms with van der Waals surface area (Å²) in [5, 5.41) is 2.46. The van der Waals surface area contributed by atoms with Gasteiger partial charge in [-0.25, -0.2) is 8.42 Å². The number of rotatable bonds is 15. The molecule has 3 aromatic carbocycles. The SMILES string of the molecule is C=C1[C@H](C)C[C@H](CCCO[Si](c2ccccc2)(c2ccccc2)C(C)(C)C)O[C@@H]1C[C@@H]1O[C@H](C[C@H]2COC(C)(C)O2)[C@H](OC)[C@H]1CS(=O)(=O)c1ccccc1. The van der Waals surface area contributed by atoms with Crippen molar-refractivity contribution in [3.63, 3.8) is 0 Å². The van der Waals surface area contributed by atoms with E-state index in [1.807, 2.05) is 19.9 Å². The van der Waals surface area contributed by atoms with Crippen molar-refractivity contribution >= 4 is 28.5 Å². The van der Waals surface area contributed by atoms with E-state index in [0.29, 0.717) is 31.0 Å². The van der Waals surface area contributed by atoms with Crippen LogP contribution in [0.1, 0.15) is 73.6 Å². The largest absolute Gasteiger partial charge is 0.407 e. The Morgan fingerprint density at radius 1 is 0.855 bits per heavy atom. The minimum Gasteiger partial charge on any atom is -0.407 e. The van der Waals surface area contributed by atoms with Gasteiger partial charge in [-0.2, -0.15) is 0 Å². The zero-order chi connectivity index (χ0) is 39.4. The van der Waals surface area contributed by atoms with Crippen molar-refractivity contribution in [1.29, 1.82) is 0 Å². The fraction of sp³-hybridized carbons (Fsp3) is 0.556. The normalized spacial score (nSPS) is 28.7. The monoisotopic (exact) mass is 790 g/mol. The van der Waals surface area contributed by atoms with Gasteiger partial charge in [0.2, 0.25) is 0 Å². The Morgan fingerprint density at radius 3 is 2.00 bits per heavy atom. The van der Waals surface area contributed by atoms with Gasteiger partial charge in [-0.15, -0.1) is 0 Å². The maximum atomic E-state index is 13.8. The first-order valence-electron chi connectivity index (χ1n) is 20.0. The predicted octanol–water partition coefficient (Wildman–Crippen LogP) is 7.50. The summed E-state index contributed by atoms with van der Waals surface area (Å²) in [7, 11) is -4.63. The second-order valence-corrected chi connectivity index (χ2v) is 23.5. The Balaban J connectivity index is 1.17. The van der Waals surface area contributed by atoms with E-state index in [-0.39, 0.29) is 41.1 Å². The molecule has 3 aliphatic heterocycles. The van der Waals surface area contributed by atoms with Gasteiger partial charge in [0.05, 0.1) is 53.9 Å². The first-order valence-corrected chi connectivity index (χ1v) is 23.6. The summed E-state index contributed by atoms with van der Waals surface area (Å²) in [6.45, 7) is 18.5. The van der Waals surface area contributed by atoms with E-state index in [2.05, 4.69) is 94.9 Å². The lowest BCUT2D eigenvalue weighted by molar-refractivity contribution is -0.144. The lowest BCUT2D eigenvalue weighted by Crippen LogP contribution is -2.66. The number of sulfone groups is 1. The van der Waals surface area contributed by atoms with Gasteiger partial charge >= 0.3 is 0 Å². The van der Waals surface area contributed by atoms with Crippen LogP contribution >= 0.6 is 0 Å². The van der Waals surface area contributed by atoms with Crippen molar-refractivity contribution in [3.05, 3.63) is 103 Å². The highest BCUT2D eigenvalue weighted by Gasteiger charge is 2.51. The molecule has 0 spiro atoms. The van der Waals surface area contributed by atoms with E-state index in [0.717, 1.165) is 24.8 Å². The second kappa shape index (κ2) is 17.4. The van der Waals surface area contributed by atoms with Gasteiger partial charge in [-0.1, -0.05) is 113 Å². The molecule has 8 nitrogen and oxygen atoms in total. The average Bonchev–Trinajstić information content (AvgIpc) is 3.66. The summed E-state index contributed by atoms with van der Waals surface area (Å²) in [4.78, 5) is 0.300. The highest BCUT2D eigenvalue weighted by molar-refractivity contribution is 7.91. The van der Waals surface area contributed by atoms with Crippen molar-refractivity contribution in [1.82, 2.24) is 0 Å². The Hall–Kier alpha value is -2.67. The molecule has 3 aliphatic rings. The molecule has 0 radical (unpaired) electrons. The minimum absolute atomic E-state index is 0.0152. The van der Waals surface area contributed by atoms with Crippen LogP contribution < -0.4 is 10.4 Å². The molecule has 300 valence electrons. The van der Waals surface area contributed by atoms with Crippen molar-refractivity contribution < 1.29 is 36.5 Å². The molecular weight excluding hydrogens is 729 g/mol. The van der Waals surface area contributed by atoms with Gasteiger partial charge in [-0.05, 0) is 72.1 Å². The summed E-state index contributed by atoms with van der Waals surface area (Å²) in [6.07, 6.45) is 1.94. The van der Waals surface area contributed by atoms with E-state index in [4.69, 9.17) is 28.1 Å². The number of methoxy groups -OCH3 is 1. The number of benzene rings is 3. The quantitative estimate of drug-likeness (QED) is 0.0890. The van der Waals surface area contributed by atoms with Crippen LogP contribution in [-0.2, 0) is 37.9 Å². The molecule has 0 aliphatic carbocycles. The predicted molar refractivity (Wildman–Crippen MR) is 220 cm³/mol. The highest BCUT2D eigenvalue weighted by Crippen LogP contribution is 2.42. The Morgan fingerprint density at radius 2 is 1.45 bits per heavy atom. The average molecular weight is 791 g/mol. The molecular formula is C45H62O8SSi. The number of hydrogen-bond acceptors (Lipinski definition) is 8. The van der Waals surface area contributed by atoms with E-state index >= 15 is 0 Å². The molecule has 0 saturated carbocycles. The lowest BCUT2D eigenvalue weighted by atomic mass is 9.83. The van der Waals surface area contributed by atoms with Crippen LogP contribution in [0, 0.1) is 11.8 Å². The zero-order valence-electron chi connectivity index (χ0n) is 33.8. The summed E-state index contributed by atoms with van der Waals surface area (Å²) in [5.74, 6) is -0.941. The molecule has 0 bridgehead atoms. The third-order valence-corrected chi connectivity index (χ3v) is 18.7. The van der Waals surface area contributed by atoms with E-state index in [1.54, 1.807) is 31.4 Å². The standard InChI is InChI=1S/C45H62O8SSi/c1-32-27-34(19-18-26-50-55(44(3,4)5,37-22-14-10-15-23-37)38-24-16-11-17-25-38)51-40(33(32)2)29-41-39(31-54(46,47)36-20-12-9-13-21-36)43(48-8)42(52-41)28-35-30-49-45(6,7)53-35/h9-17,20-25,32,34-35,39-43H,2,18-19,26-31H2,1,3-8H3/t32-,34+,35+,39+,40-,41+,42-,43-/m1/s1. The summed E-state index contributed by atoms with van der Waals surface area (Å²) >= 11 is 0. The minimum atomic E-state index is -3.63. The van der Waals surface area contributed by atoms with Crippen molar-refractivity contribution in [2.75, 3.05) is 26.1 Å². The van der Waals surface area contributed by atoms with Gasteiger partial charge in [0.15, 0.2) is 15.6 Å². The van der Waals surface area contributed by atoms with E-state index in [9.17, 15) is 8.42 Å². The molecule has 3 heterocycles. The molecule has 10 heteroatoms. The fourth-order valence-electron chi connectivity index (χ4n) is 9.09. The van der Waals surface area contributed by atoms with Gasteiger partial charge in [-0.3, -0.25) is 0 Å². The van der Waals surface area contributed by atoms with Crippen LogP contribution in [0.4, 0.5) is 0 Å². The molecule has 0 aromatic heterocycles. The molecule has 6 rings (SSSR count). The van der Waals surface area contributed by atoms with Crippen LogP contribution in [0.25, 0.3) is 0 Å². The molecule has 3 fully saturated rings. The van der Waals surface area contributed by atoms with Gasteiger partial charge < -0.3 is 28.1 Å². The smallest absolute Gasteiger partial charge is 0.261 e. The highest BCUT2D eigenvalue weighted by atomic mass is 32.2. The molecule has 0 unspecified atom stereocenters. The topological polar surface area (TPSA) is 89.5 Å². The van der Waals surface area contributed by atoms with Crippen LogP contribution in [0.2, 0.25) is 5.04 Å². The molecule has 55 heavy (non-hydrogen) atoms. The lowest BCUT2D eigenvalue weighted by Gasteiger charge is -2.43. The van der Waals surface area contributed by atoms with Crippen molar-refractivity contribution in [3.8, 4) is 0 Å². The fourth-order valence-corrected chi connectivity index (χ4v) is 15.4. The Bertz CT molecular complexity index is 1760. The molecule has 8 atom stereocenters. The summed E-state index contributed by atoms with van der Waals surface area (Å²) in [6, 6.07) is 30.1. The maximum absolute atomic E-state index is 13.8. The molecule has 3 saturated heterocycles. The third-order valence-electron chi connectivity index (χ3n) is 11.8. The van der Waals surface area contributed by atoms with Crippen molar-refractivity contribution in [2.24, 2.45) is 11.8 Å². The van der Waals surface area contributed by atoms with E-state index < -0.39 is 42.1 Å². The zero-order valence-corrected chi connectivity index (χ0v) is 35.6. The number of ether oxygens (including phenoxy) is 5. The molecule has 3 aromatic rings. The summed E-state index contributed by atoms with van der Waals surface area (Å²) in [5.41, 5.74) is 1.03. The molecule has 0 N–H and O–H groups in total. The van der Waals surface area contributed by atoms with Gasteiger partial charge in [0, 0.05) is 32.5 Å². The van der Waals surface area contributed by atoms with E-state index in [1.165, 1.54) is 10.4 Å².